The lowest BCUT2D eigenvalue weighted by atomic mass is 10.1. The number of carbonyl (C=O) groups is 2. The van der Waals surface area contributed by atoms with Crippen molar-refractivity contribution in [3.8, 4) is 0 Å². The van der Waals surface area contributed by atoms with Gasteiger partial charge in [-0.3, -0.25) is 9.59 Å². The Morgan fingerprint density at radius 1 is 1.14 bits per heavy atom. The molecule has 1 rings (SSSR count). The molecule has 0 unspecified atom stereocenters. The molecule has 21 heavy (non-hydrogen) atoms. The Kier molecular flexibility index (Phi) is 9.01. The van der Waals surface area contributed by atoms with Crippen LogP contribution < -0.4 is 16.0 Å². The molecule has 0 saturated carbocycles. The number of nitrogens with one attached hydrogen (secondary N) is 3. The molecule has 122 valence electrons. The molecule has 0 spiro atoms. The summed E-state index contributed by atoms with van der Waals surface area (Å²) in [6.45, 7) is 10.2. The highest BCUT2D eigenvalue weighted by atomic mass is 16.2. The fourth-order valence-corrected chi connectivity index (χ4v) is 2.21. The largest absolute Gasteiger partial charge is 0.355 e. The molecule has 0 aliphatic carbocycles. The summed E-state index contributed by atoms with van der Waals surface area (Å²) in [4.78, 5) is 25.5. The standard InChI is InChI=1S/C15H30N4O2/c1-13(2)4-5-14(20)18-12-15(21)17-6-3-9-19-10-7-16-8-11-19/h13,16H,3-12H2,1-2H3,(H,17,21)(H,18,20). The van der Waals surface area contributed by atoms with E-state index in [4.69, 9.17) is 0 Å². The molecule has 1 saturated heterocycles. The van der Waals surface area contributed by atoms with Crippen LogP contribution in [0.1, 0.15) is 33.1 Å². The molecule has 6 heteroatoms. The van der Waals surface area contributed by atoms with Gasteiger partial charge in [-0.05, 0) is 25.3 Å². The molecule has 0 atom stereocenters. The van der Waals surface area contributed by atoms with Crippen LogP contribution in [-0.4, -0.2) is 62.5 Å². The van der Waals surface area contributed by atoms with Crippen LogP contribution in [0.3, 0.4) is 0 Å². The summed E-state index contributed by atoms with van der Waals surface area (Å²) < 4.78 is 0. The molecule has 1 fully saturated rings. The van der Waals surface area contributed by atoms with Crippen molar-refractivity contribution >= 4 is 11.8 Å². The average molecular weight is 298 g/mol. The second-order valence-corrected chi connectivity index (χ2v) is 6.00. The van der Waals surface area contributed by atoms with Gasteiger partial charge in [-0.25, -0.2) is 0 Å². The molecule has 0 aromatic rings. The number of carbonyl (C=O) groups excluding carboxylic acids is 2. The number of hydrogen-bond donors (Lipinski definition) is 3. The highest BCUT2D eigenvalue weighted by Crippen LogP contribution is 2.02. The van der Waals surface area contributed by atoms with Crippen LogP contribution in [0, 0.1) is 5.92 Å². The van der Waals surface area contributed by atoms with Gasteiger partial charge in [0.15, 0.2) is 0 Å². The molecule has 6 nitrogen and oxygen atoms in total. The van der Waals surface area contributed by atoms with Gasteiger partial charge in [-0.1, -0.05) is 13.8 Å². The van der Waals surface area contributed by atoms with Crippen LogP contribution >= 0.6 is 0 Å². The van der Waals surface area contributed by atoms with Crippen LogP contribution in [-0.2, 0) is 9.59 Å². The summed E-state index contributed by atoms with van der Waals surface area (Å²) in [5.74, 6) is 0.363. The number of hydrogen-bond acceptors (Lipinski definition) is 4. The van der Waals surface area contributed by atoms with Gasteiger partial charge in [0.25, 0.3) is 0 Å². The molecule has 1 heterocycles. The van der Waals surface area contributed by atoms with E-state index in [1.54, 1.807) is 0 Å². The van der Waals surface area contributed by atoms with Gasteiger partial charge in [-0.2, -0.15) is 0 Å². The molecule has 3 N–H and O–H groups in total. The minimum absolute atomic E-state index is 0.0420. The van der Waals surface area contributed by atoms with Gasteiger partial charge in [0.1, 0.15) is 0 Å². The van der Waals surface area contributed by atoms with E-state index in [1.165, 1.54) is 0 Å². The Balaban J connectivity index is 1.96. The van der Waals surface area contributed by atoms with E-state index >= 15 is 0 Å². The van der Waals surface area contributed by atoms with E-state index in [2.05, 4.69) is 34.7 Å². The third-order valence-electron chi connectivity index (χ3n) is 3.58. The molecule has 1 aliphatic heterocycles. The van der Waals surface area contributed by atoms with Crippen molar-refractivity contribution in [3.05, 3.63) is 0 Å². The van der Waals surface area contributed by atoms with E-state index in [-0.39, 0.29) is 18.4 Å². The Hall–Kier alpha value is -1.14. The van der Waals surface area contributed by atoms with Crippen molar-refractivity contribution < 1.29 is 9.59 Å². The fraction of sp³-hybridized carbons (Fsp3) is 0.867. The molecule has 0 radical (unpaired) electrons. The minimum Gasteiger partial charge on any atom is -0.355 e. The Labute approximate surface area is 128 Å². The fourth-order valence-electron chi connectivity index (χ4n) is 2.21. The lowest BCUT2D eigenvalue weighted by Crippen LogP contribution is -2.44. The number of amides is 2. The topological polar surface area (TPSA) is 73.5 Å². The summed E-state index contributed by atoms with van der Waals surface area (Å²) in [5.41, 5.74) is 0. The van der Waals surface area contributed by atoms with Crippen molar-refractivity contribution in [2.45, 2.75) is 33.1 Å². The van der Waals surface area contributed by atoms with Gasteiger partial charge in [0.2, 0.25) is 11.8 Å². The maximum Gasteiger partial charge on any atom is 0.239 e. The van der Waals surface area contributed by atoms with Gasteiger partial charge in [-0.15, -0.1) is 0 Å². The molecular weight excluding hydrogens is 268 g/mol. The zero-order valence-corrected chi connectivity index (χ0v) is 13.4. The lowest BCUT2D eigenvalue weighted by molar-refractivity contribution is -0.126. The monoisotopic (exact) mass is 298 g/mol. The maximum atomic E-state index is 11.6. The number of rotatable bonds is 9. The maximum absolute atomic E-state index is 11.6. The van der Waals surface area contributed by atoms with Crippen molar-refractivity contribution in [2.24, 2.45) is 5.92 Å². The summed E-state index contributed by atoms with van der Waals surface area (Å²) in [7, 11) is 0. The molecule has 2 amide bonds. The van der Waals surface area contributed by atoms with E-state index < -0.39 is 0 Å². The number of piperazine rings is 1. The quantitative estimate of drug-likeness (QED) is 0.522. The van der Waals surface area contributed by atoms with Crippen LogP contribution in [0.15, 0.2) is 0 Å². The van der Waals surface area contributed by atoms with Gasteiger partial charge in [0.05, 0.1) is 6.54 Å². The second kappa shape index (κ2) is 10.6. The summed E-state index contributed by atoms with van der Waals surface area (Å²) in [6, 6.07) is 0. The Morgan fingerprint density at radius 2 is 1.86 bits per heavy atom. The first-order valence-electron chi connectivity index (χ1n) is 8.04. The summed E-state index contributed by atoms with van der Waals surface area (Å²) in [5, 5.41) is 8.82. The molecular formula is C15H30N4O2. The zero-order chi connectivity index (χ0) is 15.5. The highest BCUT2D eigenvalue weighted by Gasteiger charge is 2.09. The predicted molar refractivity (Wildman–Crippen MR) is 84.0 cm³/mol. The Morgan fingerprint density at radius 3 is 2.52 bits per heavy atom. The van der Waals surface area contributed by atoms with E-state index in [0.717, 1.165) is 45.6 Å². The van der Waals surface area contributed by atoms with Crippen LogP contribution in [0.4, 0.5) is 0 Å². The minimum atomic E-state index is -0.104. The van der Waals surface area contributed by atoms with Crippen LogP contribution in [0.2, 0.25) is 0 Å². The average Bonchev–Trinajstić information content (AvgIpc) is 2.48. The summed E-state index contributed by atoms with van der Waals surface area (Å²) >= 11 is 0. The van der Waals surface area contributed by atoms with Crippen molar-refractivity contribution in [1.29, 1.82) is 0 Å². The lowest BCUT2D eigenvalue weighted by Gasteiger charge is -2.27. The Bertz CT molecular complexity index is 315. The predicted octanol–water partition coefficient (Wildman–Crippen LogP) is -0.0497. The van der Waals surface area contributed by atoms with Crippen LogP contribution in [0.5, 0.6) is 0 Å². The second-order valence-electron chi connectivity index (χ2n) is 6.00. The van der Waals surface area contributed by atoms with Gasteiger partial charge < -0.3 is 20.9 Å². The molecule has 1 aliphatic rings. The van der Waals surface area contributed by atoms with E-state index in [0.29, 0.717) is 18.9 Å². The zero-order valence-electron chi connectivity index (χ0n) is 13.4. The molecule has 0 aromatic carbocycles. The first-order chi connectivity index (χ1) is 10.1. The third kappa shape index (κ3) is 9.42. The molecule has 0 aromatic heterocycles. The normalized spacial score (nSPS) is 16.0. The van der Waals surface area contributed by atoms with Crippen molar-refractivity contribution in [2.75, 3.05) is 45.8 Å². The van der Waals surface area contributed by atoms with E-state index in [1.807, 2.05) is 0 Å². The van der Waals surface area contributed by atoms with Crippen molar-refractivity contribution in [1.82, 2.24) is 20.9 Å². The van der Waals surface area contributed by atoms with Crippen molar-refractivity contribution in [3.63, 3.8) is 0 Å². The van der Waals surface area contributed by atoms with Crippen LogP contribution in [0.25, 0.3) is 0 Å². The highest BCUT2D eigenvalue weighted by molar-refractivity contribution is 5.84. The molecule has 0 bridgehead atoms. The van der Waals surface area contributed by atoms with Gasteiger partial charge >= 0.3 is 0 Å². The summed E-state index contributed by atoms with van der Waals surface area (Å²) in [6.07, 6.45) is 2.30. The first-order valence-corrected chi connectivity index (χ1v) is 8.04. The van der Waals surface area contributed by atoms with Gasteiger partial charge in [0, 0.05) is 39.1 Å². The SMILES string of the molecule is CC(C)CCC(=O)NCC(=O)NCCCN1CCNCC1. The number of nitrogens with zero attached hydrogens (tertiary/aromatic N) is 1. The third-order valence-corrected chi connectivity index (χ3v) is 3.58. The van der Waals surface area contributed by atoms with E-state index in [9.17, 15) is 9.59 Å². The first kappa shape index (κ1) is 17.9. The smallest absolute Gasteiger partial charge is 0.239 e.